The fourth-order valence-corrected chi connectivity index (χ4v) is 4.35. The zero-order chi connectivity index (χ0) is 27.3. The van der Waals surface area contributed by atoms with Gasteiger partial charge in [0.05, 0.1) is 7.11 Å². The number of halogens is 4. The number of ether oxygens (including phenoxy) is 1. The molecule has 0 aliphatic carbocycles. The fourth-order valence-electron chi connectivity index (χ4n) is 2.71. The van der Waals surface area contributed by atoms with Gasteiger partial charge >= 0.3 is 30.8 Å². The number of carbonyl (C=O) groups is 2. The van der Waals surface area contributed by atoms with Crippen molar-refractivity contribution in [3.8, 4) is 0 Å². The van der Waals surface area contributed by atoms with Crippen LogP contribution >= 0.6 is 22.7 Å². The van der Waals surface area contributed by atoms with E-state index in [0.29, 0.717) is 14.9 Å². The Labute approximate surface area is 237 Å². The second kappa shape index (κ2) is 14.5. The molecule has 11 nitrogen and oxygen atoms in total. The second-order valence-corrected chi connectivity index (χ2v) is 9.30. The molecule has 0 spiro atoms. The topological polar surface area (TPSA) is 169 Å². The van der Waals surface area contributed by atoms with Crippen LogP contribution in [0.15, 0.2) is 24.3 Å². The van der Waals surface area contributed by atoms with E-state index in [4.69, 9.17) is 5.11 Å². The summed E-state index contributed by atoms with van der Waals surface area (Å²) < 4.78 is 56.1. The molecule has 4 N–H and O–H groups in total. The molecule has 0 saturated heterocycles. The Balaban J connectivity index is 0.000000371. The van der Waals surface area contributed by atoms with Crippen LogP contribution < -0.4 is 29.5 Å². The molecule has 39 heavy (non-hydrogen) atoms. The van der Waals surface area contributed by atoms with Crippen molar-refractivity contribution in [1.29, 1.82) is 0 Å². The first-order valence-electron chi connectivity index (χ1n) is 9.91. The molecule has 18 heteroatoms. The SMILES string of the molecule is COC(=O)c1nc(Nc2cc(F)nc(F)c2)sc1C.Cc1sc(Nc2cc(F)nc(F)c2)nc1C(=O)O.[Li+].[OH-]. The summed E-state index contributed by atoms with van der Waals surface area (Å²) >= 11 is 2.26. The zero-order valence-electron chi connectivity index (χ0n) is 20.5. The van der Waals surface area contributed by atoms with Gasteiger partial charge in [0.2, 0.25) is 23.8 Å². The first kappa shape index (κ1) is 33.4. The molecule has 0 unspecified atom stereocenters. The van der Waals surface area contributed by atoms with Gasteiger partial charge in [0.25, 0.3) is 0 Å². The largest absolute Gasteiger partial charge is 1.00 e. The minimum Gasteiger partial charge on any atom is -0.870 e. The number of aromatic carboxylic acids is 1. The van der Waals surface area contributed by atoms with Crippen molar-refractivity contribution in [3.63, 3.8) is 0 Å². The number of rotatable bonds is 6. The molecule has 0 amide bonds. The third kappa shape index (κ3) is 9.26. The van der Waals surface area contributed by atoms with Crippen LogP contribution in [0.2, 0.25) is 0 Å². The molecule has 0 bridgehead atoms. The summed E-state index contributed by atoms with van der Waals surface area (Å²) in [5, 5.41) is 14.7. The Hall–Kier alpha value is -3.62. The normalized spacial score (nSPS) is 9.82. The summed E-state index contributed by atoms with van der Waals surface area (Å²) in [6.45, 7) is 3.29. The summed E-state index contributed by atoms with van der Waals surface area (Å²) in [5.74, 6) is -5.53. The van der Waals surface area contributed by atoms with Crippen LogP contribution in [0.5, 0.6) is 0 Å². The van der Waals surface area contributed by atoms with Crippen molar-refractivity contribution in [3.05, 3.63) is 69.2 Å². The smallest absolute Gasteiger partial charge is 0.870 e. The number of carboxylic acids is 1. The van der Waals surface area contributed by atoms with Crippen LogP contribution in [0.1, 0.15) is 30.7 Å². The molecule has 0 atom stereocenters. The Morgan fingerprint density at radius 3 is 1.46 bits per heavy atom. The molecule has 4 aromatic heterocycles. The van der Waals surface area contributed by atoms with E-state index in [0.717, 1.165) is 35.6 Å². The monoisotopic (exact) mass is 580 g/mol. The van der Waals surface area contributed by atoms with Gasteiger partial charge in [-0.25, -0.2) is 19.6 Å². The second-order valence-electron chi connectivity index (χ2n) is 6.90. The van der Waals surface area contributed by atoms with Crippen LogP contribution in [0, 0.1) is 37.6 Å². The fraction of sp³-hybridized carbons (Fsp3) is 0.143. The number of aromatic nitrogens is 4. The van der Waals surface area contributed by atoms with E-state index in [2.05, 4.69) is 35.3 Å². The molecular formula is C21H17F4LiN6O5S2. The van der Waals surface area contributed by atoms with Crippen molar-refractivity contribution < 1.29 is 61.3 Å². The summed E-state index contributed by atoms with van der Waals surface area (Å²) in [6.07, 6.45) is 0. The van der Waals surface area contributed by atoms with Crippen LogP contribution in [0.4, 0.5) is 39.2 Å². The molecule has 0 saturated carbocycles. The third-order valence-electron chi connectivity index (χ3n) is 4.20. The van der Waals surface area contributed by atoms with Gasteiger partial charge in [0, 0.05) is 45.4 Å². The van der Waals surface area contributed by atoms with Gasteiger partial charge in [-0.2, -0.15) is 27.5 Å². The number of anilines is 4. The Morgan fingerprint density at radius 2 is 1.13 bits per heavy atom. The number of hydrogen-bond acceptors (Lipinski definition) is 12. The van der Waals surface area contributed by atoms with E-state index in [9.17, 15) is 27.2 Å². The molecule has 0 aliphatic heterocycles. The maximum absolute atomic E-state index is 12.9. The average molecular weight is 580 g/mol. The van der Waals surface area contributed by atoms with E-state index >= 15 is 0 Å². The molecule has 202 valence electrons. The predicted octanol–water partition coefficient (Wildman–Crippen LogP) is 2.05. The number of pyridine rings is 2. The molecule has 4 rings (SSSR count). The number of nitrogens with one attached hydrogen (secondary N) is 2. The number of methoxy groups -OCH3 is 1. The number of esters is 1. The summed E-state index contributed by atoms with van der Waals surface area (Å²) in [4.78, 5) is 37.0. The number of carbonyl (C=O) groups excluding carboxylic acids is 1. The van der Waals surface area contributed by atoms with Crippen molar-refractivity contribution in [1.82, 2.24) is 19.9 Å². The van der Waals surface area contributed by atoms with Crippen LogP contribution in [0.3, 0.4) is 0 Å². The average Bonchev–Trinajstić information content (AvgIpc) is 3.33. The molecule has 0 radical (unpaired) electrons. The van der Waals surface area contributed by atoms with Crippen molar-refractivity contribution in [2.75, 3.05) is 17.7 Å². The number of thiazole rings is 2. The molecule has 0 aliphatic rings. The van der Waals surface area contributed by atoms with Gasteiger partial charge in [0.15, 0.2) is 21.7 Å². The van der Waals surface area contributed by atoms with E-state index in [1.54, 1.807) is 13.8 Å². The minimum absolute atomic E-state index is 0. The van der Waals surface area contributed by atoms with Crippen LogP contribution in [-0.2, 0) is 4.74 Å². The van der Waals surface area contributed by atoms with Crippen LogP contribution in [0.25, 0.3) is 0 Å². The number of nitrogens with zero attached hydrogens (tertiary/aromatic N) is 4. The van der Waals surface area contributed by atoms with E-state index in [1.165, 1.54) is 18.4 Å². The molecule has 0 fully saturated rings. The van der Waals surface area contributed by atoms with Crippen LogP contribution in [-0.4, -0.2) is 49.6 Å². The van der Waals surface area contributed by atoms with Gasteiger partial charge in [-0.1, -0.05) is 0 Å². The third-order valence-corrected chi connectivity index (χ3v) is 5.98. The summed E-state index contributed by atoms with van der Waals surface area (Å²) in [7, 11) is 1.25. The Kier molecular flexibility index (Phi) is 12.4. The maximum atomic E-state index is 12.9. The van der Waals surface area contributed by atoms with Gasteiger partial charge in [-0.15, -0.1) is 22.7 Å². The maximum Gasteiger partial charge on any atom is 1.00 e. The van der Waals surface area contributed by atoms with E-state index in [-0.39, 0.29) is 52.2 Å². The molecule has 4 aromatic rings. The summed E-state index contributed by atoms with van der Waals surface area (Å²) in [5.41, 5.74) is 0.364. The number of aryl methyl sites for hydroxylation is 2. The van der Waals surface area contributed by atoms with E-state index in [1.807, 2.05) is 0 Å². The zero-order valence-corrected chi connectivity index (χ0v) is 22.2. The molecule has 4 heterocycles. The number of carboxylic acid groups (broad SMARTS) is 1. The number of hydrogen-bond donors (Lipinski definition) is 3. The van der Waals surface area contributed by atoms with Gasteiger partial charge in [-0.05, 0) is 13.8 Å². The molecule has 0 aromatic carbocycles. The van der Waals surface area contributed by atoms with Crippen molar-refractivity contribution in [2.24, 2.45) is 0 Å². The quantitative estimate of drug-likeness (QED) is 0.132. The molecular weight excluding hydrogens is 563 g/mol. The van der Waals surface area contributed by atoms with Gasteiger partial charge in [-0.3, -0.25) is 0 Å². The predicted molar refractivity (Wildman–Crippen MR) is 129 cm³/mol. The summed E-state index contributed by atoms with van der Waals surface area (Å²) in [6, 6.07) is 4.02. The van der Waals surface area contributed by atoms with Crippen molar-refractivity contribution in [2.45, 2.75) is 13.8 Å². The Morgan fingerprint density at radius 1 is 0.769 bits per heavy atom. The van der Waals surface area contributed by atoms with Gasteiger partial charge < -0.3 is 26.0 Å². The van der Waals surface area contributed by atoms with Gasteiger partial charge in [0.1, 0.15) is 0 Å². The standard InChI is InChI=1S/C11H9F2N3O2S.C10H7F2N3O2S.Li.H2O/c1-5-9(10(17)18-2)16-11(19-5)14-6-3-7(12)15-8(13)4-6;1-4-8(9(16)17)15-10(18-4)13-5-2-6(11)14-7(12)3-5;;/h3-4H,1-2H3,(H,14,15,16);2-3H,1H3,(H,16,17)(H,13,14,15);;1H2/q;;+1;/p-1. The first-order valence-corrected chi connectivity index (χ1v) is 11.5. The van der Waals surface area contributed by atoms with E-state index < -0.39 is 35.7 Å². The minimum atomic E-state index is -1.15. The van der Waals surface area contributed by atoms with Crippen molar-refractivity contribution >= 4 is 56.3 Å². The first-order chi connectivity index (χ1) is 17.4. The Bertz CT molecular complexity index is 1430.